The van der Waals surface area contributed by atoms with Gasteiger partial charge in [0.05, 0.1) is 16.4 Å². The van der Waals surface area contributed by atoms with Crippen LogP contribution in [0.15, 0.2) is 18.2 Å². The third-order valence-corrected chi connectivity index (χ3v) is 3.64. The zero-order valence-corrected chi connectivity index (χ0v) is 9.76. The maximum absolute atomic E-state index is 11.7. The minimum Gasteiger partial charge on any atom is -0.507 e. The number of nitro benzene ring substituents is 1. The van der Waals surface area contributed by atoms with Crippen LogP contribution in [0.5, 0.6) is 5.75 Å². The van der Waals surface area contributed by atoms with Crippen molar-refractivity contribution in [2.75, 3.05) is 0 Å². The van der Waals surface area contributed by atoms with Crippen molar-refractivity contribution in [2.45, 2.75) is 31.1 Å². The lowest BCUT2D eigenvalue weighted by molar-refractivity contribution is -0.385. The van der Waals surface area contributed by atoms with E-state index in [9.17, 15) is 20.0 Å². The van der Waals surface area contributed by atoms with Gasteiger partial charge in [-0.25, -0.2) is 0 Å². The summed E-state index contributed by atoms with van der Waals surface area (Å²) in [5.41, 5.74) is 4.77. The number of carbonyl (C=O) groups is 1. The van der Waals surface area contributed by atoms with Gasteiger partial charge in [0.15, 0.2) is 0 Å². The van der Waals surface area contributed by atoms with Gasteiger partial charge in [-0.3, -0.25) is 14.9 Å². The smallest absolute Gasteiger partial charge is 0.273 e. The van der Waals surface area contributed by atoms with Crippen molar-refractivity contribution in [2.24, 2.45) is 5.73 Å². The Balaban J connectivity index is 2.50. The topological polar surface area (TPSA) is 106 Å². The standard InChI is InChI=1S/C12H14N2O4/c13-11(16)12(5-1-2-6-12)9-4-3-8(14(17)18)7-10(9)15/h3-4,7,15H,1-2,5-6H2,(H2,13,16). The summed E-state index contributed by atoms with van der Waals surface area (Å²) in [6, 6.07) is 3.79. The number of phenolic OH excluding ortho intramolecular Hbond substituents is 1. The monoisotopic (exact) mass is 250 g/mol. The first-order valence-electron chi connectivity index (χ1n) is 5.75. The Labute approximate surface area is 104 Å². The van der Waals surface area contributed by atoms with E-state index < -0.39 is 16.2 Å². The van der Waals surface area contributed by atoms with Crippen LogP contribution in [0.2, 0.25) is 0 Å². The molecule has 0 saturated heterocycles. The number of nitro groups is 1. The molecular formula is C12H14N2O4. The van der Waals surface area contributed by atoms with Crippen LogP contribution in [0.3, 0.4) is 0 Å². The van der Waals surface area contributed by atoms with E-state index in [0.717, 1.165) is 18.9 Å². The first-order chi connectivity index (χ1) is 8.47. The molecule has 0 unspecified atom stereocenters. The average molecular weight is 250 g/mol. The summed E-state index contributed by atoms with van der Waals surface area (Å²) < 4.78 is 0. The van der Waals surface area contributed by atoms with Crippen molar-refractivity contribution < 1.29 is 14.8 Å². The second-order valence-electron chi connectivity index (χ2n) is 4.61. The molecule has 0 spiro atoms. The van der Waals surface area contributed by atoms with Crippen LogP contribution in [-0.2, 0) is 10.2 Å². The van der Waals surface area contributed by atoms with Crippen LogP contribution in [0.4, 0.5) is 5.69 Å². The van der Waals surface area contributed by atoms with Gasteiger partial charge in [-0.05, 0) is 18.9 Å². The van der Waals surface area contributed by atoms with Gasteiger partial charge < -0.3 is 10.8 Å². The molecule has 1 aromatic carbocycles. The average Bonchev–Trinajstić information content (AvgIpc) is 2.78. The molecule has 6 nitrogen and oxygen atoms in total. The van der Waals surface area contributed by atoms with Gasteiger partial charge in [0, 0.05) is 11.6 Å². The number of phenols is 1. The summed E-state index contributed by atoms with van der Waals surface area (Å²) >= 11 is 0. The van der Waals surface area contributed by atoms with Crippen LogP contribution in [0.25, 0.3) is 0 Å². The molecule has 0 heterocycles. The Kier molecular flexibility index (Phi) is 2.94. The minimum absolute atomic E-state index is 0.200. The molecule has 1 amide bonds. The molecule has 96 valence electrons. The van der Waals surface area contributed by atoms with E-state index in [4.69, 9.17) is 5.73 Å². The van der Waals surface area contributed by atoms with Crippen LogP contribution in [-0.4, -0.2) is 15.9 Å². The highest BCUT2D eigenvalue weighted by molar-refractivity contribution is 5.88. The third-order valence-electron chi connectivity index (χ3n) is 3.64. The fraction of sp³-hybridized carbons (Fsp3) is 0.417. The van der Waals surface area contributed by atoms with Crippen molar-refractivity contribution in [3.8, 4) is 5.75 Å². The van der Waals surface area contributed by atoms with Crippen molar-refractivity contribution in [3.05, 3.63) is 33.9 Å². The lowest BCUT2D eigenvalue weighted by Gasteiger charge is -2.26. The van der Waals surface area contributed by atoms with Crippen molar-refractivity contribution in [1.82, 2.24) is 0 Å². The number of nitrogens with two attached hydrogens (primary N) is 1. The molecule has 0 aromatic heterocycles. The Morgan fingerprint density at radius 2 is 2.00 bits per heavy atom. The van der Waals surface area contributed by atoms with E-state index in [0.29, 0.717) is 18.4 Å². The van der Waals surface area contributed by atoms with E-state index in [1.807, 2.05) is 0 Å². The number of rotatable bonds is 3. The van der Waals surface area contributed by atoms with Crippen LogP contribution < -0.4 is 5.73 Å². The van der Waals surface area contributed by atoms with E-state index in [1.54, 1.807) is 0 Å². The quantitative estimate of drug-likeness (QED) is 0.627. The van der Waals surface area contributed by atoms with Gasteiger partial charge in [-0.15, -0.1) is 0 Å². The molecular weight excluding hydrogens is 236 g/mol. The van der Waals surface area contributed by atoms with Crippen LogP contribution in [0.1, 0.15) is 31.2 Å². The van der Waals surface area contributed by atoms with Gasteiger partial charge in [0.25, 0.3) is 5.69 Å². The minimum atomic E-state index is -0.876. The Bertz CT molecular complexity index is 507. The first-order valence-corrected chi connectivity index (χ1v) is 5.75. The number of hydrogen-bond donors (Lipinski definition) is 2. The Morgan fingerprint density at radius 3 is 2.44 bits per heavy atom. The normalized spacial score (nSPS) is 17.6. The first kappa shape index (κ1) is 12.3. The SMILES string of the molecule is NC(=O)C1(c2ccc([N+](=O)[O-])cc2O)CCCC1. The lowest BCUT2D eigenvalue weighted by Crippen LogP contribution is -2.38. The molecule has 1 aromatic rings. The summed E-state index contributed by atoms with van der Waals surface area (Å²) in [6.07, 6.45) is 2.88. The summed E-state index contributed by atoms with van der Waals surface area (Å²) in [5.74, 6) is -0.714. The van der Waals surface area contributed by atoms with Gasteiger partial charge >= 0.3 is 0 Å². The van der Waals surface area contributed by atoms with E-state index in [1.165, 1.54) is 12.1 Å². The van der Waals surface area contributed by atoms with Gasteiger partial charge in [-0.2, -0.15) is 0 Å². The fourth-order valence-corrected chi connectivity index (χ4v) is 2.67. The van der Waals surface area contributed by atoms with Crippen molar-refractivity contribution in [1.29, 1.82) is 0 Å². The number of benzene rings is 1. The molecule has 0 radical (unpaired) electrons. The van der Waals surface area contributed by atoms with Gasteiger partial charge in [-0.1, -0.05) is 12.8 Å². The molecule has 0 bridgehead atoms. The zero-order chi connectivity index (χ0) is 13.3. The number of primary amides is 1. The highest BCUT2D eigenvalue weighted by Gasteiger charge is 2.43. The Hall–Kier alpha value is -2.11. The third kappa shape index (κ3) is 1.79. The maximum atomic E-state index is 11.7. The van der Waals surface area contributed by atoms with E-state index in [-0.39, 0.29) is 11.4 Å². The van der Waals surface area contributed by atoms with E-state index in [2.05, 4.69) is 0 Å². The molecule has 18 heavy (non-hydrogen) atoms. The summed E-state index contributed by atoms with van der Waals surface area (Å²) in [4.78, 5) is 21.7. The Morgan fingerprint density at radius 1 is 1.39 bits per heavy atom. The number of aromatic hydroxyl groups is 1. The number of nitrogens with zero attached hydrogens (tertiary/aromatic N) is 1. The predicted octanol–water partition coefficient (Wildman–Crippen LogP) is 1.60. The van der Waals surface area contributed by atoms with Crippen LogP contribution >= 0.6 is 0 Å². The van der Waals surface area contributed by atoms with E-state index >= 15 is 0 Å². The molecule has 1 aliphatic rings. The number of carbonyl (C=O) groups excluding carboxylic acids is 1. The lowest BCUT2D eigenvalue weighted by atomic mass is 9.77. The van der Waals surface area contributed by atoms with Crippen LogP contribution in [0, 0.1) is 10.1 Å². The molecule has 2 rings (SSSR count). The number of hydrogen-bond acceptors (Lipinski definition) is 4. The largest absolute Gasteiger partial charge is 0.507 e. The van der Waals surface area contributed by atoms with Gasteiger partial charge in [0.2, 0.25) is 5.91 Å². The maximum Gasteiger partial charge on any atom is 0.273 e. The van der Waals surface area contributed by atoms with Gasteiger partial charge in [0.1, 0.15) is 5.75 Å². The second kappa shape index (κ2) is 4.29. The molecule has 6 heteroatoms. The highest BCUT2D eigenvalue weighted by Crippen LogP contribution is 2.45. The zero-order valence-electron chi connectivity index (χ0n) is 9.76. The van der Waals surface area contributed by atoms with Crippen molar-refractivity contribution in [3.63, 3.8) is 0 Å². The molecule has 1 saturated carbocycles. The summed E-state index contributed by atoms with van der Waals surface area (Å²) in [7, 11) is 0. The predicted molar refractivity (Wildman–Crippen MR) is 64.1 cm³/mol. The second-order valence-corrected chi connectivity index (χ2v) is 4.61. The summed E-state index contributed by atoms with van der Waals surface area (Å²) in [6.45, 7) is 0. The summed E-state index contributed by atoms with van der Waals surface area (Å²) in [5, 5.41) is 20.5. The molecule has 0 atom stereocenters. The molecule has 0 aliphatic heterocycles. The molecule has 1 fully saturated rings. The molecule has 1 aliphatic carbocycles. The number of non-ortho nitro benzene ring substituents is 1. The van der Waals surface area contributed by atoms with Crippen molar-refractivity contribution >= 4 is 11.6 Å². The number of amides is 1. The highest BCUT2D eigenvalue weighted by atomic mass is 16.6. The molecule has 3 N–H and O–H groups in total. The fourth-order valence-electron chi connectivity index (χ4n) is 2.67.